The number of benzene rings is 1. The molecular weight excluding hydrogens is 326 g/mol. The van der Waals surface area contributed by atoms with Crippen LogP contribution in [0, 0.1) is 0 Å². The van der Waals surface area contributed by atoms with Gasteiger partial charge < -0.3 is 14.6 Å². The maximum Gasteiger partial charge on any atom is 0.293 e. The van der Waals surface area contributed by atoms with E-state index in [-0.39, 0.29) is 17.6 Å². The number of carbonyl (C=O) groups is 2. The van der Waals surface area contributed by atoms with E-state index in [2.05, 4.69) is 10.3 Å². The number of thiazole rings is 1. The van der Waals surface area contributed by atoms with Crippen molar-refractivity contribution in [3.05, 3.63) is 70.6 Å². The minimum atomic E-state index is -0.319. The molecule has 3 aromatic rings. The summed E-state index contributed by atoms with van der Waals surface area (Å²) in [5, 5.41) is 5.49. The summed E-state index contributed by atoms with van der Waals surface area (Å²) < 4.78 is 5.14. The fourth-order valence-electron chi connectivity index (χ4n) is 2.22. The monoisotopic (exact) mass is 341 g/mol. The molecule has 6 nitrogen and oxygen atoms in total. The number of aromatic nitrogens is 1. The smallest absolute Gasteiger partial charge is 0.293 e. The number of nitrogens with one attached hydrogen (secondary N) is 1. The van der Waals surface area contributed by atoms with Crippen LogP contribution in [-0.4, -0.2) is 23.8 Å². The van der Waals surface area contributed by atoms with Gasteiger partial charge >= 0.3 is 0 Å². The van der Waals surface area contributed by atoms with E-state index in [0.29, 0.717) is 17.8 Å². The predicted molar refractivity (Wildman–Crippen MR) is 91.2 cm³/mol. The first-order valence-corrected chi connectivity index (χ1v) is 8.12. The van der Waals surface area contributed by atoms with Crippen molar-refractivity contribution in [2.45, 2.75) is 6.54 Å². The lowest BCUT2D eigenvalue weighted by atomic mass is 10.1. The highest BCUT2D eigenvalue weighted by Crippen LogP contribution is 2.21. The Hall–Kier alpha value is -2.93. The van der Waals surface area contributed by atoms with E-state index in [1.54, 1.807) is 49.6 Å². The van der Waals surface area contributed by atoms with E-state index in [0.717, 1.165) is 5.01 Å². The summed E-state index contributed by atoms with van der Waals surface area (Å²) in [5.74, 6) is -0.365. The highest BCUT2D eigenvalue weighted by molar-refractivity contribution is 7.09. The van der Waals surface area contributed by atoms with Gasteiger partial charge in [-0.15, -0.1) is 11.3 Å². The Bertz CT molecular complexity index is 829. The molecule has 0 unspecified atom stereocenters. The van der Waals surface area contributed by atoms with Crippen molar-refractivity contribution >= 4 is 28.8 Å². The fourth-order valence-corrected chi connectivity index (χ4v) is 2.78. The summed E-state index contributed by atoms with van der Waals surface area (Å²) in [4.78, 5) is 30.4. The number of rotatable bonds is 5. The molecule has 122 valence electrons. The largest absolute Gasteiger partial charge is 0.459 e. The maximum absolute atomic E-state index is 12.5. The van der Waals surface area contributed by atoms with E-state index in [1.165, 1.54) is 22.5 Å². The molecule has 2 aromatic heterocycles. The van der Waals surface area contributed by atoms with Gasteiger partial charge in [-0.25, -0.2) is 4.98 Å². The maximum atomic E-state index is 12.5. The van der Waals surface area contributed by atoms with Gasteiger partial charge in [0.2, 0.25) is 0 Å². The van der Waals surface area contributed by atoms with Gasteiger partial charge in [0.1, 0.15) is 5.01 Å². The van der Waals surface area contributed by atoms with Crippen molar-refractivity contribution in [3.8, 4) is 0 Å². The topological polar surface area (TPSA) is 75.4 Å². The number of amides is 2. The molecule has 0 saturated heterocycles. The Morgan fingerprint density at radius 3 is 2.79 bits per heavy atom. The molecule has 7 heteroatoms. The van der Waals surface area contributed by atoms with Crippen molar-refractivity contribution in [1.82, 2.24) is 10.3 Å². The van der Waals surface area contributed by atoms with Crippen LogP contribution < -0.4 is 10.2 Å². The Balaban J connectivity index is 1.79. The molecule has 0 aliphatic carbocycles. The third-order valence-corrected chi connectivity index (χ3v) is 4.21. The summed E-state index contributed by atoms with van der Waals surface area (Å²) in [5.41, 5.74) is 0.923. The third kappa shape index (κ3) is 3.36. The van der Waals surface area contributed by atoms with Gasteiger partial charge in [0, 0.05) is 18.6 Å². The lowest BCUT2D eigenvalue weighted by Crippen LogP contribution is -2.30. The zero-order valence-corrected chi connectivity index (χ0v) is 13.7. The molecule has 1 N–H and O–H groups in total. The Morgan fingerprint density at radius 1 is 1.25 bits per heavy atom. The summed E-state index contributed by atoms with van der Waals surface area (Å²) in [6.45, 7) is 0.348. The van der Waals surface area contributed by atoms with Crippen LogP contribution in [0.15, 0.2) is 58.7 Å². The predicted octanol–water partition coefficient (Wildman–Crippen LogP) is 2.94. The van der Waals surface area contributed by atoms with Gasteiger partial charge in [-0.3, -0.25) is 9.59 Å². The molecule has 2 amide bonds. The van der Waals surface area contributed by atoms with Gasteiger partial charge in [0.15, 0.2) is 5.76 Å². The molecule has 24 heavy (non-hydrogen) atoms. The van der Waals surface area contributed by atoms with E-state index in [1.807, 2.05) is 5.38 Å². The van der Waals surface area contributed by atoms with Gasteiger partial charge in [0.25, 0.3) is 11.8 Å². The number of nitrogens with zero attached hydrogens (tertiary/aromatic N) is 2. The molecule has 0 radical (unpaired) electrons. The molecule has 2 heterocycles. The van der Waals surface area contributed by atoms with E-state index in [9.17, 15) is 9.59 Å². The lowest BCUT2D eigenvalue weighted by molar-refractivity contribution is 0.0951. The second-order valence-corrected chi connectivity index (χ2v) is 5.95. The first-order valence-electron chi connectivity index (χ1n) is 7.24. The van der Waals surface area contributed by atoms with Crippen molar-refractivity contribution < 1.29 is 14.0 Å². The number of para-hydroxylation sites is 1. The normalized spacial score (nSPS) is 10.4. The van der Waals surface area contributed by atoms with Crippen LogP contribution in [-0.2, 0) is 6.54 Å². The quantitative estimate of drug-likeness (QED) is 0.774. The molecule has 0 spiro atoms. The van der Waals surface area contributed by atoms with Crippen molar-refractivity contribution in [2.75, 3.05) is 11.9 Å². The molecule has 0 fully saturated rings. The molecule has 0 aliphatic heterocycles. The van der Waals surface area contributed by atoms with Gasteiger partial charge in [-0.05, 0) is 24.3 Å². The van der Waals surface area contributed by atoms with Crippen LogP contribution in [0.3, 0.4) is 0 Å². The van der Waals surface area contributed by atoms with E-state index < -0.39 is 0 Å². The molecule has 0 atom stereocenters. The van der Waals surface area contributed by atoms with Crippen molar-refractivity contribution in [1.29, 1.82) is 0 Å². The van der Waals surface area contributed by atoms with Gasteiger partial charge in [0.05, 0.1) is 24.1 Å². The van der Waals surface area contributed by atoms with Crippen LogP contribution in [0.25, 0.3) is 0 Å². The average molecular weight is 341 g/mol. The Labute approximate surface area is 142 Å². The molecule has 0 aliphatic rings. The number of anilines is 1. The van der Waals surface area contributed by atoms with Crippen LogP contribution in [0.1, 0.15) is 25.9 Å². The molecule has 0 saturated carbocycles. The van der Waals surface area contributed by atoms with E-state index >= 15 is 0 Å². The van der Waals surface area contributed by atoms with Gasteiger partial charge in [-0.2, -0.15) is 0 Å². The second-order valence-electron chi connectivity index (χ2n) is 4.97. The van der Waals surface area contributed by atoms with E-state index in [4.69, 9.17) is 4.42 Å². The third-order valence-electron chi connectivity index (χ3n) is 3.43. The number of furan rings is 1. The number of hydrogen-bond donors (Lipinski definition) is 1. The van der Waals surface area contributed by atoms with Gasteiger partial charge in [-0.1, -0.05) is 12.1 Å². The SMILES string of the molecule is CN(C(=O)c1ccco1)c1ccccc1C(=O)NCc1nccs1. The summed E-state index contributed by atoms with van der Waals surface area (Å²) >= 11 is 1.47. The summed E-state index contributed by atoms with van der Waals surface area (Å²) in [6.07, 6.45) is 3.13. The molecule has 3 rings (SSSR count). The molecule has 1 aromatic carbocycles. The zero-order chi connectivity index (χ0) is 16.9. The fraction of sp³-hybridized carbons (Fsp3) is 0.118. The first-order chi connectivity index (χ1) is 11.7. The highest BCUT2D eigenvalue weighted by atomic mass is 32.1. The minimum Gasteiger partial charge on any atom is -0.459 e. The summed E-state index contributed by atoms with van der Waals surface area (Å²) in [6, 6.07) is 10.2. The standard InChI is InChI=1S/C17H15N3O3S/c1-20(17(22)14-7-4-9-23-14)13-6-3-2-5-12(13)16(21)19-11-15-18-8-10-24-15/h2-10H,11H2,1H3,(H,19,21). The van der Waals surface area contributed by atoms with Crippen LogP contribution in [0.5, 0.6) is 0 Å². The first kappa shape index (κ1) is 15.9. The minimum absolute atomic E-state index is 0.218. The molecule has 0 bridgehead atoms. The Morgan fingerprint density at radius 2 is 2.08 bits per heavy atom. The van der Waals surface area contributed by atoms with Crippen LogP contribution in [0.2, 0.25) is 0 Å². The average Bonchev–Trinajstić information content (AvgIpc) is 3.31. The van der Waals surface area contributed by atoms with Crippen molar-refractivity contribution in [2.24, 2.45) is 0 Å². The second kappa shape index (κ2) is 7.10. The number of hydrogen-bond acceptors (Lipinski definition) is 5. The Kier molecular flexibility index (Phi) is 4.72. The highest BCUT2D eigenvalue weighted by Gasteiger charge is 2.21. The zero-order valence-electron chi connectivity index (χ0n) is 12.9. The van der Waals surface area contributed by atoms with Crippen LogP contribution in [0.4, 0.5) is 5.69 Å². The number of carbonyl (C=O) groups excluding carboxylic acids is 2. The lowest BCUT2D eigenvalue weighted by Gasteiger charge is -2.19. The van der Waals surface area contributed by atoms with Crippen molar-refractivity contribution in [3.63, 3.8) is 0 Å². The molecular formula is C17H15N3O3S. The summed E-state index contributed by atoms with van der Waals surface area (Å²) in [7, 11) is 1.61. The van der Waals surface area contributed by atoms with Crippen LogP contribution >= 0.6 is 11.3 Å².